The van der Waals surface area contributed by atoms with Crippen molar-refractivity contribution in [1.82, 2.24) is 29.2 Å². The first-order valence-electron chi connectivity index (χ1n) is 12.9. The van der Waals surface area contributed by atoms with E-state index < -0.39 is 12.3 Å². The molecule has 38 heavy (non-hydrogen) atoms. The fourth-order valence-electron chi connectivity index (χ4n) is 5.11. The minimum atomic E-state index is -4.57. The van der Waals surface area contributed by atoms with Crippen LogP contribution >= 0.6 is 0 Å². The van der Waals surface area contributed by atoms with Crippen LogP contribution in [-0.2, 0) is 11.8 Å². The summed E-state index contributed by atoms with van der Waals surface area (Å²) >= 11 is 0. The van der Waals surface area contributed by atoms with Gasteiger partial charge in [0.15, 0.2) is 11.8 Å². The molecule has 5 rings (SSSR count). The molecule has 3 aromatic heterocycles. The van der Waals surface area contributed by atoms with Gasteiger partial charge in [0, 0.05) is 36.8 Å². The zero-order valence-electron chi connectivity index (χ0n) is 21.7. The molecule has 0 aliphatic carbocycles. The van der Waals surface area contributed by atoms with Gasteiger partial charge in [-0.3, -0.25) is 14.1 Å². The van der Waals surface area contributed by atoms with Crippen molar-refractivity contribution in [3.05, 3.63) is 52.7 Å². The topological polar surface area (TPSA) is 78.1 Å². The van der Waals surface area contributed by atoms with E-state index in [4.69, 9.17) is 4.74 Å². The standard InChI is InChI=1S/C27H31F3N6O2/c1-17(2)36-23-20-15-18(7-9-21(20)32-33-25(23)34(3)26(36)37)19-8-10-22(31-16-19)24(27(28,29)30)38-14-13-35-11-5-4-6-12-35/h7-10,15-17,24H,4-6,11-14H2,1-3H3. The first-order chi connectivity index (χ1) is 18.1. The van der Waals surface area contributed by atoms with E-state index in [1.165, 1.54) is 16.8 Å². The van der Waals surface area contributed by atoms with Crippen LogP contribution < -0.4 is 5.69 Å². The number of benzene rings is 1. The molecule has 0 bridgehead atoms. The van der Waals surface area contributed by atoms with Crippen LogP contribution in [0.25, 0.3) is 33.2 Å². The normalized spacial score (nSPS) is 16.1. The van der Waals surface area contributed by atoms with Gasteiger partial charge in [-0.15, -0.1) is 10.2 Å². The Morgan fingerprint density at radius 1 is 1.03 bits per heavy atom. The average Bonchev–Trinajstić information content (AvgIpc) is 3.16. The summed E-state index contributed by atoms with van der Waals surface area (Å²) in [5.74, 6) is 0. The molecule has 1 atom stereocenters. The first kappa shape index (κ1) is 26.3. The highest BCUT2D eigenvalue weighted by Crippen LogP contribution is 2.36. The van der Waals surface area contributed by atoms with E-state index in [1.807, 2.05) is 26.0 Å². The fraction of sp³-hybridized carbons (Fsp3) is 0.481. The largest absolute Gasteiger partial charge is 0.420 e. The van der Waals surface area contributed by atoms with E-state index in [1.54, 1.807) is 23.7 Å². The van der Waals surface area contributed by atoms with E-state index in [-0.39, 0.29) is 24.0 Å². The Morgan fingerprint density at radius 2 is 1.76 bits per heavy atom. The molecule has 0 N–H and O–H groups in total. The van der Waals surface area contributed by atoms with Crippen molar-refractivity contribution in [1.29, 1.82) is 0 Å². The highest BCUT2D eigenvalue weighted by atomic mass is 19.4. The van der Waals surface area contributed by atoms with Crippen LogP contribution in [0.1, 0.15) is 50.9 Å². The summed E-state index contributed by atoms with van der Waals surface area (Å²) in [6.07, 6.45) is -1.93. The summed E-state index contributed by atoms with van der Waals surface area (Å²) in [4.78, 5) is 19.1. The van der Waals surface area contributed by atoms with Crippen molar-refractivity contribution < 1.29 is 17.9 Å². The third kappa shape index (κ3) is 5.04. The Morgan fingerprint density at radius 3 is 2.42 bits per heavy atom. The number of fused-ring (bicyclic) bond motifs is 3. The number of piperidine rings is 1. The number of pyridine rings is 1. The molecule has 1 aliphatic rings. The van der Waals surface area contributed by atoms with Gasteiger partial charge in [0.2, 0.25) is 0 Å². The minimum Gasteiger partial charge on any atom is -0.361 e. The molecule has 1 aliphatic heterocycles. The number of nitrogens with zero attached hydrogens (tertiary/aromatic N) is 6. The van der Waals surface area contributed by atoms with Gasteiger partial charge < -0.3 is 9.64 Å². The van der Waals surface area contributed by atoms with E-state index in [0.717, 1.165) is 43.3 Å². The molecule has 202 valence electrons. The summed E-state index contributed by atoms with van der Waals surface area (Å²) in [6, 6.07) is 8.36. The van der Waals surface area contributed by atoms with Crippen LogP contribution in [0.4, 0.5) is 13.2 Å². The molecule has 1 unspecified atom stereocenters. The number of hydrogen-bond donors (Lipinski definition) is 0. The van der Waals surface area contributed by atoms with Gasteiger partial charge in [0.05, 0.1) is 17.8 Å². The van der Waals surface area contributed by atoms with E-state index in [9.17, 15) is 18.0 Å². The lowest BCUT2D eigenvalue weighted by Crippen LogP contribution is -2.34. The van der Waals surface area contributed by atoms with Crippen molar-refractivity contribution in [2.75, 3.05) is 26.2 Å². The number of hydrogen-bond acceptors (Lipinski definition) is 6. The number of ether oxygens (including phenoxy) is 1. The third-order valence-corrected chi connectivity index (χ3v) is 7.11. The van der Waals surface area contributed by atoms with Crippen LogP contribution in [0, 0.1) is 0 Å². The summed E-state index contributed by atoms with van der Waals surface area (Å²) in [5.41, 5.74) is 2.78. The van der Waals surface area contributed by atoms with Crippen molar-refractivity contribution in [2.24, 2.45) is 7.05 Å². The van der Waals surface area contributed by atoms with Crippen LogP contribution in [-0.4, -0.2) is 61.6 Å². The molecular formula is C27H31F3N6O2. The maximum Gasteiger partial charge on any atom is 0.420 e. The zero-order chi connectivity index (χ0) is 27.0. The second-order valence-electron chi connectivity index (χ2n) is 10.1. The predicted octanol–water partition coefficient (Wildman–Crippen LogP) is 5.03. The number of rotatable bonds is 7. The molecule has 1 saturated heterocycles. The Hall–Kier alpha value is -3.31. The van der Waals surface area contributed by atoms with E-state index in [0.29, 0.717) is 28.8 Å². The number of aromatic nitrogens is 5. The second-order valence-corrected chi connectivity index (χ2v) is 10.1. The number of likely N-dealkylation sites (tertiary alicyclic amines) is 1. The fourth-order valence-corrected chi connectivity index (χ4v) is 5.11. The Bertz CT molecular complexity index is 1490. The molecular weight excluding hydrogens is 497 g/mol. The van der Waals surface area contributed by atoms with Crippen LogP contribution in [0.3, 0.4) is 0 Å². The van der Waals surface area contributed by atoms with Gasteiger partial charge in [-0.25, -0.2) is 4.79 Å². The summed E-state index contributed by atoms with van der Waals surface area (Å²) < 4.78 is 50.0. The van der Waals surface area contributed by atoms with E-state index in [2.05, 4.69) is 20.1 Å². The predicted molar refractivity (Wildman–Crippen MR) is 139 cm³/mol. The Kier molecular flexibility index (Phi) is 7.23. The molecule has 11 heteroatoms. The highest BCUT2D eigenvalue weighted by Gasteiger charge is 2.43. The quantitative estimate of drug-likeness (QED) is 0.335. The maximum absolute atomic E-state index is 13.8. The van der Waals surface area contributed by atoms with Gasteiger partial charge in [0.1, 0.15) is 5.52 Å². The molecule has 0 radical (unpaired) electrons. The monoisotopic (exact) mass is 528 g/mol. The van der Waals surface area contributed by atoms with Crippen LogP contribution in [0.15, 0.2) is 41.3 Å². The van der Waals surface area contributed by atoms with Crippen molar-refractivity contribution in [3.8, 4) is 11.1 Å². The van der Waals surface area contributed by atoms with Gasteiger partial charge in [0.25, 0.3) is 0 Å². The molecule has 1 fully saturated rings. The maximum atomic E-state index is 13.8. The Labute approximate surface area is 218 Å². The highest BCUT2D eigenvalue weighted by molar-refractivity contribution is 6.02. The molecule has 1 aromatic carbocycles. The summed E-state index contributed by atoms with van der Waals surface area (Å²) in [6.45, 7) is 6.10. The lowest BCUT2D eigenvalue weighted by molar-refractivity contribution is -0.225. The minimum absolute atomic E-state index is 0.00997. The molecule has 4 aromatic rings. The molecule has 0 amide bonds. The van der Waals surface area contributed by atoms with Crippen LogP contribution in [0.2, 0.25) is 0 Å². The summed E-state index contributed by atoms with van der Waals surface area (Å²) in [5, 5.41) is 9.23. The van der Waals surface area contributed by atoms with Crippen molar-refractivity contribution >= 4 is 22.1 Å². The molecule has 0 spiro atoms. The zero-order valence-corrected chi connectivity index (χ0v) is 21.7. The van der Waals surface area contributed by atoms with Gasteiger partial charge in [-0.2, -0.15) is 13.2 Å². The van der Waals surface area contributed by atoms with Crippen molar-refractivity contribution in [2.45, 2.75) is 51.4 Å². The lowest BCUT2D eigenvalue weighted by Gasteiger charge is -2.27. The van der Waals surface area contributed by atoms with Crippen LogP contribution in [0.5, 0.6) is 0 Å². The third-order valence-electron chi connectivity index (χ3n) is 7.11. The molecule has 8 nitrogen and oxygen atoms in total. The smallest absolute Gasteiger partial charge is 0.361 e. The van der Waals surface area contributed by atoms with Crippen molar-refractivity contribution in [3.63, 3.8) is 0 Å². The SMILES string of the molecule is CC(C)n1c(=O)n(C)c2nnc3ccc(-c4ccc(C(OCCN5CCCCC5)C(F)(F)F)nc4)cc3c21. The number of imidazole rings is 1. The molecule has 0 saturated carbocycles. The average molecular weight is 529 g/mol. The van der Waals surface area contributed by atoms with Gasteiger partial charge in [-0.1, -0.05) is 18.6 Å². The van der Waals surface area contributed by atoms with Gasteiger partial charge >= 0.3 is 11.9 Å². The lowest BCUT2D eigenvalue weighted by atomic mass is 10.0. The number of alkyl halides is 3. The van der Waals surface area contributed by atoms with E-state index >= 15 is 0 Å². The summed E-state index contributed by atoms with van der Waals surface area (Å²) in [7, 11) is 1.65. The van der Waals surface area contributed by atoms with Gasteiger partial charge in [-0.05, 0) is 63.5 Å². The molecule has 4 heterocycles. The number of halogens is 3. The number of aryl methyl sites for hydroxylation is 1. The first-order valence-corrected chi connectivity index (χ1v) is 12.9. The Balaban J connectivity index is 1.44. The second kappa shape index (κ2) is 10.5.